The third kappa shape index (κ3) is 3.61. The number of nitrogens with zero attached hydrogens (tertiary/aromatic N) is 3. The zero-order valence-corrected chi connectivity index (χ0v) is 18.0. The fourth-order valence-electron chi connectivity index (χ4n) is 5.15. The summed E-state index contributed by atoms with van der Waals surface area (Å²) in [5, 5.41) is 13.5. The van der Waals surface area contributed by atoms with Gasteiger partial charge >= 0.3 is 0 Å². The Morgan fingerprint density at radius 1 is 1.23 bits per heavy atom. The number of sulfonamides is 1. The molecule has 1 unspecified atom stereocenters. The largest absolute Gasteiger partial charge is 0.389 e. The fraction of sp³-hybridized carbons (Fsp3) is 0.545. The predicted octanol–water partition coefficient (Wildman–Crippen LogP) is 3.17. The van der Waals surface area contributed by atoms with Crippen molar-refractivity contribution >= 4 is 31.8 Å². The highest BCUT2D eigenvalue weighted by molar-refractivity contribution is 7.89. The highest BCUT2D eigenvalue weighted by Crippen LogP contribution is 2.40. The van der Waals surface area contributed by atoms with E-state index in [1.165, 1.54) is 9.69 Å². The van der Waals surface area contributed by atoms with Crippen LogP contribution >= 0.6 is 0 Å². The average molecular weight is 429 g/mol. The van der Waals surface area contributed by atoms with Gasteiger partial charge in [0.15, 0.2) is 0 Å². The first-order valence-electron chi connectivity index (χ1n) is 10.7. The lowest BCUT2D eigenvalue weighted by molar-refractivity contribution is 0.0762. The number of hydrogen-bond donors (Lipinski definition) is 2. The number of H-pyrrole nitrogens is 1. The van der Waals surface area contributed by atoms with Gasteiger partial charge in [0.05, 0.1) is 17.0 Å². The lowest BCUT2D eigenvalue weighted by Crippen LogP contribution is -2.37. The number of nitrogens with one attached hydrogen (secondary N) is 1. The summed E-state index contributed by atoms with van der Waals surface area (Å²) < 4.78 is 27.1. The number of β-amino-alcohol motifs (C(OH)–C–C–N with tert-alkyl or cyclic N) is 1. The molecule has 0 radical (unpaired) electrons. The van der Waals surface area contributed by atoms with Crippen LogP contribution in [0.25, 0.3) is 21.8 Å². The van der Waals surface area contributed by atoms with Crippen molar-refractivity contribution in [2.24, 2.45) is 5.92 Å². The number of aromatic amines is 1. The van der Waals surface area contributed by atoms with Crippen molar-refractivity contribution in [1.82, 2.24) is 19.3 Å². The molecule has 1 saturated heterocycles. The molecule has 1 saturated carbocycles. The van der Waals surface area contributed by atoms with Gasteiger partial charge in [-0.3, -0.25) is 4.98 Å². The Morgan fingerprint density at radius 3 is 2.77 bits per heavy atom. The van der Waals surface area contributed by atoms with Crippen LogP contribution in [-0.4, -0.2) is 57.2 Å². The van der Waals surface area contributed by atoms with Gasteiger partial charge in [0.2, 0.25) is 10.0 Å². The van der Waals surface area contributed by atoms with Crippen LogP contribution in [0.5, 0.6) is 0 Å². The Bertz CT molecular complexity index is 1180. The minimum absolute atomic E-state index is 0.167. The van der Waals surface area contributed by atoms with Gasteiger partial charge in [-0.2, -0.15) is 4.31 Å². The fourth-order valence-corrected chi connectivity index (χ4v) is 7.14. The minimum atomic E-state index is -3.32. The molecule has 2 N–H and O–H groups in total. The van der Waals surface area contributed by atoms with Gasteiger partial charge in [0.1, 0.15) is 5.65 Å². The van der Waals surface area contributed by atoms with E-state index >= 15 is 0 Å². The van der Waals surface area contributed by atoms with E-state index in [1.54, 1.807) is 6.92 Å². The van der Waals surface area contributed by atoms with Gasteiger partial charge in [-0.1, -0.05) is 0 Å². The molecule has 7 nitrogen and oxygen atoms in total. The van der Waals surface area contributed by atoms with Gasteiger partial charge in [0, 0.05) is 53.8 Å². The van der Waals surface area contributed by atoms with Crippen molar-refractivity contribution in [2.45, 2.75) is 50.5 Å². The first-order valence-corrected chi connectivity index (χ1v) is 12.3. The molecule has 4 heterocycles. The smallest absolute Gasteiger partial charge is 0.214 e. The Kier molecular flexibility index (Phi) is 4.83. The van der Waals surface area contributed by atoms with Crippen LogP contribution < -0.4 is 0 Å². The standard InChI is InChI=1S/C22H28N4O3S/c1-22(27)8-11-26(14-22)30(28,29)13-15-2-4-16(5-3-15)20-19-17(6-9-23-20)12-25-21-18(19)7-10-24-21/h6-7,9-10,12,15-16,27H,2-5,8,11,13-14H2,1H3,(H,24,25). The maximum absolute atomic E-state index is 12.8. The first-order chi connectivity index (χ1) is 14.3. The minimum Gasteiger partial charge on any atom is -0.389 e. The van der Waals surface area contributed by atoms with Crippen molar-refractivity contribution in [3.8, 4) is 0 Å². The first kappa shape index (κ1) is 19.9. The van der Waals surface area contributed by atoms with E-state index in [0.717, 1.165) is 47.8 Å². The Labute approximate surface area is 176 Å². The molecule has 0 amide bonds. The summed E-state index contributed by atoms with van der Waals surface area (Å²) in [6.07, 6.45) is 9.81. The summed E-state index contributed by atoms with van der Waals surface area (Å²) in [5.41, 5.74) is 1.08. The van der Waals surface area contributed by atoms with E-state index in [1.807, 2.05) is 24.7 Å². The molecule has 2 fully saturated rings. The monoisotopic (exact) mass is 428 g/mol. The van der Waals surface area contributed by atoms with E-state index in [4.69, 9.17) is 4.98 Å². The lowest BCUT2D eigenvalue weighted by Gasteiger charge is -2.30. The van der Waals surface area contributed by atoms with Crippen LogP contribution in [0.1, 0.15) is 50.6 Å². The molecular weight excluding hydrogens is 400 g/mol. The van der Waals surface area contributed by atoms with E-state index in [2.05, 4.69) is 16.0 Å². The molecule has 0 aromatic carbocycles. The van der Waals surface area contributed by atoms with Gasteiger partial charge < -0.3 is 10.1 Å². The number of aromatic nitrogens is 3. The van der Waals surface area contributed by atoms with Crippen molar-refractivity contribution in [3.63, 3.8) is 0 Å². The van der Waals surface area contributed by atoms with E-state index < -0.39 is 15.6 Å². The third-order valence-corrected chi connectivity index (χ3v) is 8.82. The van der Waals surface area contributed by atoms with Gasteiger partial charge in [-0.05, 0) is 57.1 Å². The SMILES string of the molecule is CC1(O)CCN(S(=O)(=O)CC2CCC(c3nccc4cnc5[nH]ccc5c34)CC2)C1. The van der Waals surface area contributed by atoms with Gasteiger partial charge in [-0.15, -0.1) is 0 Å². The second-order valence-electron chi connectivity index (χ2n) is 9.24. The molecule has 5 rings (SSSR count). The number of aliphatic hydroxyl groups is 1. The molecule has 30 heavy (non-hydrogen) atoms. The molecule has 0 spiro atoms. The summed E-state index contributed by atoms with van der Waals surface area (Å²) in [5.74, 6) is 0.687. The molecular formula is C22H28N4O3S. The summed E-state index contributed by atoms with van der Waals surface area (Å²) in [7, 11) is -3.32. The number of hydrogen-bond acceptors (Lipinski definition) is 5. The normalized spacial score (nSPS) is 28.5. The second-order valence-corrected chi connectivity index (χ2v) is 11.2. The van der Waals surface area contributed by atoms with Crippen molar-refractivity contribution < 1.29 is 13.5 Å². The maximum Gasteiger partial charge on any atom is 0.214 e. The molecule has 1 aliphatic heterocycles. The Morgan fingerprint density at radius 2 is 2.03 bits per heavy atom. The van der Waals surface area contributed by atoms with E-state index in [0.29, 0.717) is 18.9 Å². The molecule has 160 valence electrons. The Balaban J connectivity index is 1.32. The summed E-state index contributed by atoms with van der Waals surface area (Å²) in [6, 6.07) is 4.06. The highest BCUT2D eigenvalue weighted by Gasteiger charge is 2.39. The predicted molar refractivity (Wildman–Crippen MR) is 117 cm³/mol. The molecule has 2 aliphatic rings. The van der Waals surface area contributed by atoms with Gasteiger partial charge in [-0.25, -0.2) is 13.4 Å². The topological polar surface area (TPSA) is 99.2 Å². The molecule has 3 aromatic rings. The average Bonchev–Trinajstić information content (AvgIpc) is 3.34. The summed E-state index contributed by atoms with van der Waals surface area (Å²) >= 11 is 0. The van der Waals surface area contributed by atoms with Crippen molar-refractivity contribution in [2.75, 3.05) is 18.8 Å². The highest BCUT2D eigenvalue weighted by atomic mass is 32.2. The quantitative estimate of drug-likeness (QED) is 0.665. The maximum atomic E-state index is 12.8. The molecule has 1 aliphatic carbocycles. The summed E-state index contributed by atoms with van der Waals surface area (Å²) in [6.45, 7) is 2.35. The van der Waals surface area contributed by atoms with Crippen LogP contribution in [0.4, 0.5) is 0 Å². The summed E-state index contributed by atoms with van der Waals surface area (Å²) in [4.78, 5) is 12.4. The van der Waals surface area contributed by atoms with Crippen molar-refractivity contribution in [1.29, 1.82) is 0 Å². The Hall–Kier alpha value is -2.03. The van der Waals surface area contributed by atoms with Crippen LogP contribution in [0.15, 0.2) is 30.7 Å². The number of pyridine rings is 2. The molecule has 8 heteroatoms. The van der Waals surface area contributed by atoms with Gasteiger partial charge in [0.25, 0.3) is 0 Å². The molecule has 3 aromatic heterocycles. The van der Waals surface area contributed by atoms with Crippen LogP contribution in [0.2, 0.25) is 0 Å². The number of rotatable bonds is 4. The van der Waals surface area contributed by atoms with Crippen LogP contribution in [0, 0.1) is 5.92 Å². The molecule has 1 atom stereocenters. The van der Waals surface area contributed by atoms with Crippen molar-refractivity contribution in [3.05, 3.63) is 36.4 Å². The third-order valence-electron chi connectivity index (χ3n) is 6.83. The van der Waals surface area contributed by atoms with E-state index in [-0.39, 0.29) is 18.2 Å². The lowest BCUT2D eigenvalue weighted by atomic mass is 9.80. The van der Waals surface area contributed by atoms with E-state index in [9.17, 15) is 13.5 Å². The second kappa shape index (κ2) is 7.28. The molecule has 0 bridgehead atoms. The zero-order valence-electron chi connectivity index (χ0n) is 17.2. The number of fused-ring (bicyclic) bond motifs is 3. The zero-order chi connectivity index (χ0) is 20.9. The van der Waals surface area contributed by atoms with Crippen LogP contribution in [-0.2, 0) is 10.0 Å². The van der Waals surface area contributed by atoms with Crippen LogP contribution in [0.3, 0.4) is 0 Å².